The summed E-state index contributed by atoms with van der Waals surface area (Å²) in [6, 6.07) is 13.7. The maximum absolute atomic E-state index is 14.0. The van der Waals surface area contributed by atoms with E-state index in [9.17, 15) is 13.2 Å². The minimum atomic E-state index is -4.51. The fraction of sp³-hybridized carbons (Fsp3) is 0.500. The molecule has 4 nitrogen and oxygen atoms in total. The first-order valence-corrected chi connectivity index (χ1v) is 10.7. The molecule has 0 spiro atoms. The lowest BCUT2D eigenvalue weighted by atomic mass is 9.85. The molecule has 2 aromatic rings. The summed E-state index contributed by atoms with van der Waals surface area (Å²) in [4.78, 5) is 2.06. The van der Waals surface area contributed by atoms with Crippen molar-refractivity contribution in [1.29, 1.82) is 0 Å². The normalized spacial score (nSPS) is 26.3. The Hall–Kier alpha value is -2.25. The van der Waals surface area contributed by atoms with Crippen molar-refractivity contribution < 1.29 is 22.6 Å². The lowest BCUT2D eigenvalue weighted by Gasteiger charge is -2.42. The number of piperidine rings is 1. The predicted octanol–water partition coefficient (Wildman–Crippen LogP) is 4.97. The SMILES string of the molecule is COc1cc2c(cc1N(C)C1CCCNC1c1ccccc1)[C@@](C)(C(F)(F)F)OCC2. The highest BCUT2D eigenvalue weighted by Gasteiger charge is 2.56. The van der Waals surface area contributed by atoms with Crippen LogP contribution in [0.25, 0.3) is 0 Å². The first-order chi connectivity index (χ1) is 14.8. The predicted molar refractivity (Wildman–Crippen MR) is 115 cm³/mol. The third-order valence-electron chi connectivity index (χ3n) is 6.68. The van der Waals surface area contributed by atoms with Crippen LogP contribution in [0.3, 0.4) is 0 Å². The molecule has 1 saturated heterocycles. The molecule has 2 aliphatic heterocycles. The second-order valence-corrected chi connectivity index (χ2v) is 8.47. The molecule has 2 aromatic carbocycles. The summed E-state index contributed by atoms with van der Waals surface area (Å²) in [6.45, 7) is 2.06. The standard InChI is InChI=1S/C24H29F3N2O2/c1-23(24(25,26)27)18-15-20(21(30-3)14-17(18)11-13-31-23)29(2)19-10-7-12-28-22(19)16-8-5-4-6-9-16/h4-6,8-9,14-15,19,22,28H,7,10-13H2,1-3H3/t19?,22?,23-/m0/s1. The Morgan fingerprint density at radius 1 is 1.19 bits per heavy atom. The van der Waals surface area contributed by atoms with Gasteiger partial charge in [-0.05, 0) is 61.6 Å². The van der Waals surface area contributed by atoms with Gasteiger partial charge in [0.05, 0.1) is 25.4 Å². The number of alkyl halides is 3. The van der Waals surface area contributed by atoms with Crippen LogP contribution in [0.2, 0.25) is 0 Å². The second-order valence-electron chi connectivity index (χ2n) is 8.47. The zero-order valence-corrected chi connectivity index (χ0v) is 18.1. The van der Waals surface area contributed by atoms with Crippen molar-refractivity contribution >= 4 is 5.69 Å². The van der Waals surface area contributed by atoms with Gasteiger partial charge >= 0.3 is 6.18 Å². The van der Waals surface area contributed by atoms with E-state index in [0.29, 0.717) is 23.4 Å². The monoisotopic (exact) mass is 434 g/mol. The summed E-state index contributed by atoms with van der Waals surface area (Å²) in [6.07, 6.45) is -2.16. The number of hydrogen-bond acceptors (Lipinski definition) is 4. The summed E-state index contributed by atoms with van der Waals surface area (Å²) < 4.78 is 52.9. The van der Waals surface area contributed by atoms with Crippen molar-refractivity contribution in [2.45, 2.75) is 50.0 Å². The van der Waals surface area contributed by atoms with Crippen LogP contribution in [-0.2, 0) is 16.8 Å². The quantitative estimate of drug-likeness (QED) is 0.736. The van der Waals surface area contributed by atoms with Crippen LogP contribution in [0.15, 0.2) is 42.5 Å². The van der Waals surface area contributed by atoms with Crippen molar-refractivity contribution in [3.63, 3.8) is 0 Å². The second kappa shape index (κ2) is 8.36. The number of ether oxygens (including phenoxy) is 2. The molecule has 0 aromatic heterocycles. The van der Waals surface area contributed by atoms with Crippen LogP contribution in [0.5, 0.6) is 5.75 Å². The molecule has 2 aliphatic rings. The van der Waals surface area contributed by atoms with Gasteiger partial charge in [-0.15, -0.1) is 0 Å². The van der Waals surface area contributed by atoms with Gasteiger partial charge in [-0.3, -0.25) is 0 Å². The molecule has 2 heterocycles. The Balaban J connectivity index is 1.77. The number of benzene rings is 2. The molecule has 2 unspecified atom stereocenters. The van der Waals surface area contributed by atoms with Gasteiger partial charge in [0.15, 0.2) is 5.60 Å². The Morgan fingerprint density at radius 3 is 2.61 bits per heavy atom. The van der Waals surface area contributed by atoms with Crippen LogP contribution < -0.4 is 15.0 Å². The van der Waals surface area contributed by atoms with Crippen LogP contribution in [0.1, 0.15) is 42.5 Å². The highest BCUT2D eigenvalue weighted by atomic mass is 19.4. The Bertz CT molecular complexity index is 919. The number of rotatable bonds is 4. The largest absolute Gasteiger partial charge is 0.495 e. The summed E-state index contributed by atoms with van der Waals surface area (Å²) in [5.74, 6) is 0.588. The van der Waals surface area contributed by atoms with Gasteiger partial charge in [-0.1, -0.05) is 30.3 Å². The molecule has 0 radical (unpaired) electrons. The lowest BCUT2D eigenvalue weighted by Crippen LogP contribution is -2.48. The molecule has 0 saturated carbocycles. The molecule has 0 bridgehead atoms. The van der Waals surface area contributed by atoms with Gasteiger partial charge in [-0.25, -0.2) is 0 Å². The zero-order chi connectivity index (χ0) is 22.2. The van der Waals surface area contributed by atoms with Gasteiger partial charge in [0.1, 0.15) is 5.75 Å². The number of methoxy groups -OCH3 is 1. The Morgan fingerprint density at radius 2 is 1.94 bits per heavy atom. The molecule has 4 rings (SSSR count). The number of nitrogens with one attached hydrogen (secondary N) is 1. The third-order valence-corrected chi connectivity index (χ3v) is 6.68. The fourth-order valence-corrected chi connectivity index (χ4v) is 4.85. The molecule has 168 valence electrons. The molecular weight excluding hydrogens is 405 g/mol. The minimum Gasteiger partial charge on any atom is -0.495 e. The summed E-state index contributed by atoms with van der Waals surface area (Å²) in [5.41, 5.74) is 0.290. The maximum atomic E-state index is 14.0. The van der Waals surface area contributed by atoms with E-state index in [-0.39, 0.29) is 24.3 Å². The molecule has 1 fully saturated rings. The van der Waals surface area contributed by atoms with E-state index in [0.717, 1.165) is 26.3 Å². The highest BCUT2D eigenvalue weighted by Crippen LogP contribution is 2.48. The first-order valence-electron chi connectivity index (χ1n) is 10.7. The van der Waals surface area contributed by atoms with Crippen LogP contribution >= 0.6 is 0 Å². The van der Waals surface area contributed by atoms with E-state index >= 15 is 0 Å². The molecule has 31 heavy (non-hydrogen) atoms. The van der Waals surface area contributed by atoms with Gasteiger partial charge in [-0.2, -0.15) is 13.2 Å². The minimum absolute atomic E-state index is 0.0317. The summed E-state index contributed by atoms with van der Waals surface area (Å²) in [5, 5.41) is 3.59. The molecule has 0 aliphatic carbocycles. The molecule has 0 amide bonds. The number of halogens is 3. The smallest absolute Gasteiger partial charge is 0.421 e. The third kappa shape index (κ3) is 3.89. The van der Waals surface area contributed by atoms with Crippen molar-refractivity contribution in [2.24, 2.45) is 0 Å². The van der Waals surface area contributed by atoms with E-state index in [1.807, 2.05) is 25.2 Å². The van der Waals surface area contributed by atoms with Crippen LogP contribution in [0.4, 0.5) is 18.9 Å². The van der Waals surface area contributed by atoms with E-state index in [1.165, 1.54) is 5.56 Å². The molecule has 1 N–H and O–H groups in total. The van der Waals surface area contributed by atoms with Crippen LogP contribution in [-0.4, -0.2) is 39.5 Å². The highest BCUT2D eigenvalue weighted by molar-refractivity contribution is 5.64. The number of fused-ring (bicyclic) bond motifs is 1. The van der Waals surface area contributed by atoms with E-state index in [2.05, 4.69) is 22.3 Å². The van der Waals surface area contributed by atoms with Gasteiger partial charge in [0.25, 0.3) is 0 Å². The van der Waals surface area contributed by atoms with Crippen molar-refractivity contribution in [2.75, 3.05) is 32.2 Å². The first kappa shape index (κ1) is 22.0. The van der Waals surface area contributed by atoms with E-state index in [1.54, 1.807) is 19.2 Å². The van der Waals surface area contributed by atoms with Gasteiger partial charge in [0, 0.05) is 13.1 Å². The summed E-state index contributed by atoms with van der Waals surface area (Å²) >= 11 is 0. The van der Waals surface area contributed by atoms with Crippen LogP contribution in [0, 0.1) is 0 Å². The Labute approximate surface area is 181 Å². The lowest BCUT2D eigenvalue weighted by molar-refractivity contribution is -0.281. The topological polar surface area (TPSA) is 33.7 Å². The number of likely N-dealkylation sites (N-methyl/N-ethyl adjacent to an activating group) is 1. The van der Waals surface area contributed by atoms with E-state index in [4.69, 9.17) is 9.47 Å². The maximum Gasteiger partial charge on any atom is 0.421 e. The van der Waals surface area contributed by atoms with Crippen molar-refractivity contribution in [3.8, 4) is 5.75 Å². The number of hydrogen-bond donors (Lipinski definition) is 1. The van der Waals surface area contributed by atoms with Crippen molar-refractivity contribution in [1.82, 2.24) is 5.32 Å². The average Bonchev–Trinajstić information content (AvgIpc) is 2.78. The molecule has 3 atom stereocenters. The number of nitrogens with zero attached hydrogens (tertiary/aromatic N) is 1. The average molecular weight is 435 g/mol. The van der Waals surface area contributed by atoms with E-state index < -0.39 is 11.8 Å². The summed E-state index contributed by atoms with van der Waals surface area (Å²) in [7, 11) is 3.50. The molecular formula is C24H29F3N2O2. The van der Waals surface area contributed by atoms with Gasteiger partial charge < -0.3 is 19.7 Å². The van der Waals surface area contributed by atoms with Crippen molar-refractivity contribution in [3.05, 3.63) is 59.2 Å². The number of anilines is 1. The van der Waals surface area contributed by atoms with Gasteiger partial charge in [0.2, 0.25) is 0 Å². The Kier molecular flexibility index (Phi) is 5.92. The molecule has 7 heteroatoms. The zero-order valence-electron chi connectivity index (χ0n) is 18.1. The fourth-order valence-electron chi connectivity index (χ4n) is 4.85.